The fraction of sp³-hybridized carbons (Fsp3) is 0.417. The van der Waals surface area contributed by atoms with Crippen LogP contribution in [0.1, 0.15) is 30.4 Å². The Bertz CT molecular complexity index is 798. The topological polar surface area (TPSA) is 52.7 Å². The van der Waals surface area contributed by atoms with Crippen molar-refractivity contribution in [2.45, 2.75) is 24.7 Å². The molecule has 2 aromatic rings. The number of likely N-dealkylation sites (tertiary alicyclic amines) is 1. The fourth-order valence-electron chi connectivity index (χ4n) is 4.70. The summed E-state index contributed by atoms with van der Waals surface area (Å²) in [6, 6.07) is 21.2. The van der Waals surface area contributed by atoms with Crippen LogP contribution in [0.2, 0.25) is 0 Å². The van der Waals surface area contributed by atoms with E-state index < -0.39 is 0 Å². The SMILES string of the molecule is O=C1CN(CCCN2CC(c3ccccc3)(c3ccccc3)CCC2=O)CCN1. The van der Waals surface area contributed by atoms with E-state index in [1.54, 1.807) is 0 Å². The molecule has 0 atom stereocenters. The van der Waals surface area contributed by atoms with E-state index in [0.717, 1.165) is 32.5 Å². The van der Waals surface area contributed by atoms with E-state index in [1.807, 2.05) is 17.0 Å². The molecule has 4 rings (SSSR count). The molecule has 5 nitrogen and oxygen atoms in total. The van der Waals surface area contributed by atoms with Crippen molar-refractivity contribution in [2.24, 2.45) is 0 Å². The molecular formula is C24H29N3O2. The van der Waals surface area contributed by atoms with Gasteiger partial charge < -0.3 is 10.2 Å². The number of rotatable bonds is 6. The Hall–Kier alpha value is -2.66. The zero-order valence-corrected chi connectivity index (χ0v) is 16.8. The Morgan fingerprint density at radius 2 is 1.55 bits per heavy atom. The molecule has 0 saturated carbocycles. The molecule has 29 heavy (non-hydrogen) atoms. The van der Waals surface area contributed by atoms with Crippen molar-refractivity contribution < 1.29 is 9.59 Å². The minimum Gasteiger partial charge on any atom is -0.354 e. The van der Waals surface area contributed by atoms with Gasteiger partial charge in [0.2, 0.25) is 11.8 Å². The maximum Gasteiger partial charge on any atom is 0.234 e. The number of carbonyl (C=O) groups excluding carboxylic acids is 2. The second kappa shape index (κ2) is 8.78. The Kier molecular flexibility index (Phi) is 5.95. The Morgan fingerprint density at radius 3 is 2.17 bits per heavy atom. The highest BCUT2D eigenvalue weighted by Gasteiger charge is 2.41. The van der Waals surface area contributed by atoms with Crippen molar-refractivity contribution in [3.05, 3.63) is 71.8 Å². The summed E-state index contributed by atoms with van der Waals surface area (Å²) >= 11 is 0. The van der Waals surface area contributed by atoms with Crippen molar-refractivity contribution in [1.29, 1.82) is 0 Å². The highest BCUT2D eigenvalue weighted by molar-refractivity contribution is 5.79. The first-order valence-electron chi connectivity index (χ1n) is 10.6. The number of piperidine rings is 1. The molecule has 0 bridgehead atoms. The standard InChI is InChI=1S/C24H29N3O2/c28-22-18-26(17-14-25-22)15-7-16-27-19-24(13-12-23(27)29,20-8-3-1-4-9-20)21-10-5-2-6-11-21/h1-6,8-11H,7,12-19H2,(H,25,28). The summed E-state index contributed by atoms with van der Waals surface area (Å²) in [4.78, 5) is 28.5. The van der Waals surface area contributed by atoms with Gasteiger partial charge in [-0.3, -0.25) is 14.5 Å². The zero-order chi connectivity index (χ0) is 20.1. The predicted molar refractivity (Wildman–Crippen MR) is 114 cm³/mol. The second-order valence-electron chi connectivity index (χ2n) is 8.11. The first kappa shape index (κ1) is 19.6. The summed E-state index contributed by atoms with van der Waals surface area (Å²) in [5.41, 5.74) is 2.38. The largest absolute Gasteiger partial charge is 0.354 e. The summed E-state index contributed by atoms with van der Waals surface area (Å²) in [5, 5.41) is 2.86. The number of benzene rings is 2. The Morgan fingerprint density at radius 1 is 0.897 bits per heavy atom. The van der Waals surface area contributed by atoms with E-state index in [2.05, 4.69) is 58.7 Å². The maximum atomic E-state index is 12.7. The maximum absolute atomic E-state index is 12.7. The molecule has 5 heteroatoms. The van der Waals surface area contributed by atoms with Crippen LogP contribution in [0.3, 0.4) is 0 Å². The lowest BCUT2D eigenvalue weighted by Crippen LogP contribution is -2.51. The van der Waals surface area contributed by atoms with Crippen LogP contribution in [0, 0.1) is 0 Å². The van der Waals surface area contributed by atoms with Gasteiger partial charge in [0.1, 0.15) is 0 Å². The normalized spacial score (nSPS) is 19.8. The number of nitrogens with zero attached hydrogens (tertiary/aromatic N) is 2. The van der Waals surface area contributed by atoms with Crippen LogP contribution in [-0.4, -0.2) is 60.9 Å². The molecule has 0 spiro atoms. The van der Waals surface area contributed by atoms with E-state index in [-0.39, 0.29) is 17.2 Å². The van der Waals surface area contributed by atoms with Crippen molar-refractivity contribution in [2.75, 3.05) is 39.3 Å². The Balaban J connectivity index is 1.50. The molecule has 2 aliphatic rings. The molecule has 152 valence electrons. The molecular weight excluding hydrogens is 362 g/mol. The third kappa shape index (κ3) is 4.35. The van der Waals surface area contributed by atoms with Crippen molar-refractivity contribution in [1.82, 2.24) is 15.1 Å². The summed E-state index contributed by atoms with van der Waals surface area (Å²) in [7, 11) is 0. The second-order valence-corrected chi connectivity index (χ2v) is 8.11. The van der Waals surface area contributed by atoms with Gasteiger partial charge in [-0.05, 0) is 24.0 Å². The lowest BCUT2D eigenvalue weighted by Gasteiger charge is -2.44. The zero-order valence-electron chi connectivity index (χ0n) is 16.8. The van der Waals surface area contributed by atoms with Gasteiger partial charge in [0.15, 0.2) is 0 Å². The average Bonchev–Trinajstić information content (AvgIpc) is 2.76. The smallest absolute Gasteiger partial charge is 0.234 e. The number of hydrogen-bond acceptors (Lipinski definition) is 3. The van der Waals surface area contributed by atoms with Crippen LogP contribution in [-0.2, 0) is 15.0 Å². The molecule has 0 radical (unpaired) electrons. The summed E-state index contributed by atoms with van der Waals surface area (Å²) in [6.45, 7) is 4.36. The number of hydrogen-bond donors (Lipinski definition) is 1. The Labute approximate surface area is 172 Å². The van der Waals surface area contributed by atoms with Crippen LogP contribution in [0.25, 0.3) is 0 Å². The number of carbonyl (C=O) groups is 2. The molecule has 2 aromatic carbocycles. The van der Waals surface area contributed by atoms with Crippen LogP contribution in [0.15, 0.2) is 60.7 Å². The first-order valence-corrected chi connectivity index (χ1v) is 10.6. The number of nitrogens with one attached hydrogen (secondary N) is 1. The molecule has 2 amide bonds. The van der Waals surface area contributed by atoms with Gasteiger partial charge in [-0.1, -0.05) is 60.7 Å². The highest BCUT2D eigenvalue weighted by Crippen LogP contribution is 2.40. The summed E-state index contributed by atoms with van der Waals surface area (Å²) < 4.78 is 0. The van der Waals surface area contributed by atoms with Gasteiger partial charge in [0.25, 0.3) is 0 Å². The monoisotopic (exact) mass is 391 g/mol. The number of piperazine rings is 1. The summed E-state index contributed by atoms with van der Waals surface area (Å²) in [5.74, 6) is 0.335. The average molecular weight is 392 g/mol. The third-order valence-electron chi connectivity index (χ3n) is 6.25. The van der Waals surface area contributed by atoms with Crippen molar-refractivity contribution >= 4 is 11.8 Å². The molecule has 2 aliphatic heterocycles. The quantitative estimate of drug-likeness (QED) is 0.823. The third-order valence-corrected chi connectivity index (χ3v) is 6.25. The van der Waals surface area contributed by atoms with Crippen LogP contribution in [0.4, 0.5) is 0 Å². The number of amides is 2. The molecule has 2 saturated heterocycles. The lowest BCUT2D eigenvalue weighted by atomic mass is 9.69. The van der Waals surface area contributed by atoms with E-state index in [9.17, 15) is 9.59 Å². The van der Waals surface area contributed by atoms with E-state index in [1.165, 1.54) is 11.1 Å². The molecule has 0 aliphatic carbocycles. The minimum absolute atomic E-state index is 0.0949. The lowest BCUT2D eigenvalue weighted by molar-refractivity contribution is -0.135. The fourth-order valence-corrected chi connectivity index (χ4v) is 4.70. The van der Waals surface area contributed by atoms with Crippen molar-refractivity contribution in [3.63, 3.8) is 0 Å². The van der Waals surface area contributed by atoms with E-state index in [0.29, 0.717) is 26.1 Å². The van der Waals surface area contributed by atoms with E-state index in [4.69, 9.17) is 0 Å². The van der Waals surface area contributed by atoms with Gasteiger partial charge in [-0.15, -0.1) is 0 Å². The molecule has 0 aromatic heterocycles. The first-order chi connectivity index (χ1) is 14.2. The van der Waals surface area contributed by atoms with Gasteiger partial charge >= 0.3 is 0 Å². The van der Waals surface area contributed by atoms with Gasteiger partial charge in [0.05, 0.1) is 6.54 Å². The van der Waals surface area contributed by atoms with Crippen LogP contribution < -0.4 is 5.32 Å². The molecule has 2 heterocycles. The summed E-state index contributed by atoms with van der Waals surface area (Å²) in [6.07, 6.45) is 2.29. The molecule has 2 fully saturated rings. The molecule has 0 unspecified atom stereocenters. The highest BCUT2D eigenvalue weighted by atomic mass is 16.2. The molecule has 1 N–H and O–H groups in total. The van der Waals surface area contributed by atoms with Crippen LogP contribution in [0.5, 0.6) is 0 Å². The van der Waals surface area contributed by atoms with E-state index >= 15 is 0 Å². The van der Waals surface area contributed by atoms with Gasteiger partial charge in [-0.2, -0.15) is 0 Å². The van der Waals surface area contributed by atoms with Crippen molar-refractivity contribution in [3.8, 4) is 0 Å². The minimum atomic E-state index is -0.165. The van der Waals surface area contributed by atoms with Gasteiger partial charge in [0, 0.05) is 44.6 Å². The van der Waals surface area contributed by atoms with Crippen LogP contribution >= 0.6 is 0 Å². The van der Waals surface area contributed by atoms with Gasteiger partial charge in [-0.25, -0.2) is 0 Å². The predicted octanol–water partition coefficient (Wildman–Crippen LogP) is 2.42.